The molecular formula is C19H22ClNO2. The van der Waals surface area contributed by atoms with Gasteiger partial charge in [0.25, 0.3) is 0 Å². The van der Waals surface area contributed by atoms with Gasteiger partial charge < -0.3 is 9.47 Å². The molecule has 0 aliphatic carbocycles. The van der Waals surface area contributed by atoms with Gasteiger partial charge in [0.15, 0.2) is 11.5 Å². The van der Waals surface area contributed by atoms with Crippen LogP contribution in [0.5, 0.6) is 11.5 Å². The van der Waals surface area contributed by atoms with Crippen molar-refractivity contribution in [2.24, 2.45) is 4.99 Å². The number of rotatable bonds is 7. The molecule has 0 aromatic heterocycles. The molecule has 0 amide bonds. The average Bonchev–Trinajstić information content (AvgIpc) is 2.55. The lowest BCUT2D eigenvalue weighted by molar-refractivity contribution is 0.277. The molecule has 0 aliphatic heterocycles. The highest BCUT2D eigenvalue weighted by Crippen LogP contribution is 2.28. The van der Waals surface area contributed by atoms with Gasteiger partial charge in [-0.2, -0.15) is 0 Å². The van der Waals surface area contributed by atoms with Crippen LogP contribution < -0.4 is 9.47 Å². The van der Waals surface area contributed by atoms with E-state index in [1.807, 2.05) is 50.2 Å². The van der Waals surface area contributed by atoms with Gasteiger partial charge in [-0.25, -0.2) is 0 Å². The number of aryl methyl sites for hydroxylation is 1. The van der Waals surface area contributed by atoms with Crippen LogP contribution in [0.1, 0.15) is 31.4 Å². The van der Waals surface area contributed by atoms with Crippen LogP contribution in [0.15, 0.2) is 41.4 Å². The van der Waals surface area contributed by atoms with E-state index in [9.17, 15) is 0 Å². The molecule has 0 atom stereocenters. The predicted molar refractivity (Wildman–Crippen MR) is 96.8 cm³/mol. The van der Waals surface area contributed by atoms with Gasteiger partial charge in [0.2, 0.25) is 0 Å². The molecule has 0 N–H and O–H groups in total. The fourth-order valence-electron chi connectivity index (χ4n) is 2.02. The first-order valence-corrected chi connectivity index (χ1v) is 8.21. The fraction of sp³-hybridized carbons (Fsp3) is 0.316. The standard InChI is InChI=1S/C19H22ClNO2/c1-4-10-23-18-9-7-15(11-19(18)22-5-2)13-21-16-8-6-14(3)17(20)12-16/h6-9,11-13H,4-5,10H2,1-3H3. The van der Waals surface area contributed by atoms with E-state index < -0.39 is 0 Å². The van der Waals surface area contributed by atoms with Gasteiger partial charge in [-0.3, -0.25) is 4.99 Å². The first-order valence-electron chi connectivity index (χ1n) is 7.84. The van der Waals surface area contributed by atoms with Crippen molar-refractivity contribution >= 4 is 23.5 Å². The molecule has 2 rings (SSSR count). The number of nitrogens with zero attached hydrogens (tertiary/aromatic N) is 1. The fourth-order valence-corrected chi connectivity index (χ4v) is 2.19. The number of hydrogen-bond acceptors (Lipinski definition) is 3. The summed E-state index contributed by atoms with van der Waals surface area (Å²) in [6.45, 7) is 7.28. The quantitative estimate of drug-likeness (QED) is 0.619. The van der Waals surface area contributed by atoms with Crippen LogP contribution in [0.4, 0.5) is 5.69 Å². The minimum Gasteiger partial charge on any atom is -0.490 e. The van der Waals surface area contributed by atoms with E-state index in [1.54, 1.807) is 6.21 Å². The highest BCUT2D eigenvalue weighted by atomic mass is 35.5. The normalized spacial score (nSPS) is 11.0. The van der Waals surface area contributed by atoms with Crippen molar-refractivity contribution in [1.29, 1.82) is 0 Å². The lowest BCUT2D eigenvalue weighted by Gasteiger charge is -2.11. The third-order valence-corrected chi connectivity index (χ3v) is 3.65. The first-order chi connectivity index (χ1) is 11.1. The van der Waals surface area contributed by atoms with Crippen molar-refractivity contribution in [3.05, 3.63) is 52.5 Å². The Morgan fingerprint density at radius 3 is 2.57 bits per heavy atom. The number of aliphatic imine (C=N–C) groups is 1. The van der Waals surface area contributed by atoms with Crippen molar-refractivity contribution in [3.63, 3.8) is 0 Å². The molecule has 23 heavy (non-hydrogen) atoms. The van der Waals surface area contributed by atoms with Gasteiger partial charge in [0.1, 0.15) is 0 Å². The van der Waals surface area contributed by atoms with Crippen molar-refractivity contribution in [3.8, 4) is 11.5 Å². The summed E-state index contributed by atoms with van der Waals surface area (Å²) >= 11 is 6.12. The van der Waals surface area contributed by atoms with E-state index in [0.29, 0.717) is 13.2 Å². The van der Waals surface area contributed by atoms with Crippen LogP contribution in [0.2, 0.25) is 5.02 Å². The van der Waals surface area contributed by atoms with Crippen LogP contribution >= 0.6 is 11.6 Å². The van der Waals surface area contributed by atoms with Crippen molar-refractivity contribution < 1.29 is 9.47 Å². The number of benzene rings is 2. The Labute approximate surface area is 142 Å². The van der Waals surface area contributed by atoms with Crippen molar-refractivity contribution in [2.75, 3.05) is 13.2 Å². The van der Waals surface area contributed by atoms with E-state index in [2.05, 4.69) is 11.9 Å². The molecule has 0 radical (unpaired) electrons. The summed E-state index contributed by atoms with van der Waals surface area (Å²) in [5.74, 6) is 1.51. The third kappa shape index (κ3) is 5.00. The summed E-state index contributed by atoms with van der Waals surface area (Å²) in [6, 6.07) is 11.6. The van der Waals surface area contributed by atoms with Gasteiger partial charge in [0.05, 0.1) is 18.9 Å². The highest BCUT2D eigenvalue weighted by molar-refractivity contribution is 6.31. The van der Waals surface area contributed by atoms with Crippen LogP contribution in [-0.2, 0) is 0 Å². The molecule has 0 spiro atoms. The van der Waals surface area contributed by atoms with Crippen LogP contribution in [-0.4, -0.2) is 19.4 Å². The Balaban J connectivity index is 2.20. The maximum atomic E-state index is 6.12. The van der Waals surface area contributed by atoms with Crippen LogP contribution in [0.3, 0.4) is 0 Å². The topological polar surface area (TPSA) is 30.8 Å². The summed E-state index contributed by atoms with van der Waals surface area (Å²) in [5, 5.41) is 0.720. The molecule has 0 unspecified atom stereocenters. The zero-order chi connectivity index (χ0) is 16.7. The van der Waals surface area contributed by atoms with Gasteiger partial charge in [-0.15, -0.1) is 0 Å². The smallest absolute Gasteiger partial charge is 0.161 e. The molecule has 2 aromatic rings. The lowest BCUT2D eigenvalue weighted by atomic mass is 10.2. The van der Waals surface area contributed by atoms with Crippen molar-refractivity contribution in [2.45, 2.75) is 27.2 Å². The summed E-state index contributed by atoms with van der Waals surface area (Å²) in [6.07, 6.45) is 2.76. The largest absolute Gasteiger partial charge is 0.490 e. The molecular weight excluding hydrogens is 310 g/mol. The molecule has 0 fully saturated rings. The van der Waals surface area contributed by atoms with Crippen LogP contribution in [0, 0.1) is 6.92 Å². The molecule has 0 saturated carbocycles. The molecule has 0 heterocycles. The van der Waals surface area contributed by atoms with Gasteiger partial charge in [0, 0.05) is 11.2 Å². The summed E-state index contributed by atoms with van der Waals surface area (Å²) in [4.78, 5) is 4.47. The molecule has 0 saturated heterocycles. The molecule has 0 bridgehead atoms. The predicted octanol–water partition coefficient (Wildman–Crippen LogP) is 5.59. The molecule has 4 heteroatoms. The maximum absolute atomic E-state index is 6.12. The van der Waals surface area contributed by atoms with E-state index in [-0.39, 0.29) is 0 Å². The number of ether oxygens (including phenoxy) is 2. The van der Waals surface area contributed by atoms with E-state index in [0.717, 1.165) is 39.8 Å². The number of hydrogen-bond donors (Lipinski definition) is 0. The van der Waals surface area contributed by atoms with E-state index in [1.165, 1.54) is 0 Å². The summed E-state index contributed by atoms with van der Waals surface area (Å²) in [7, 11) is 0. The van der Waals surface area contributed by atoms with Crippen molar-refractivity contribution in [1.82, 2.24) is 0 Å². The Kier molecular flexibility index (Phi) is 6.48. The van der Waals surface area contributed by atoms with Gasteiger partial charge >= 0.3 is 0 Å². The molecule has 0 aliphatic rings. The minimum atomic E-state index is 0.594. The second kappa shape index (κ2) is 8.59. The average molecular weight is 332 g/mol. The zero-order valence-corrected chi connectivity index (χ0v) is 14.6. The van der Waals surface area contributed by atoms with Gasteiger partial charge in [-0.1, -0.05) is 24.6 Å². The molecule has 3 nitrogen and oxygen atoms in total. The summed E-state index contributed by atoms with van der Waals surface area (Å²) < 4.78 is 11.4. The van der Waals surface area contributed by atoms with Crippen LogP contribution in [0.25, 0.3) is 0 Å². The first kappa shape index (κ1) is 17.4. The second-order valence-electron chi connectivity index (χ2n) is 5.18. The molecule has 2 aromatic carbocycles. The maximum Gasteiger partial charge on any atom is 0.161 e. The Morgan fingerprint density at radius 1 is 1.04 bits per heavy atom. The zero-order valence-electron chi connectivity index (χ0n) is 13.8. The SMILES string of the molecule is CCCOc1ccc(C=Nc2ccc(C)c(Cl)c2)cc1OCC. The lowest BCUT2D eigenvalue weighted by Crippen LogP contribution is -2.00. The minimum absolute atomic E-state index is 0.594. The van der Waals surface area contributed by atoms with E-state index in [4.69, 9.17) is 21.1 Å². The Hall–Kier alpha value is -2.00. The summed E-state index contributed by atoms with van der Waals surface area (Å²) in [5.41, 5.74) is 2.82. The highest BCUT2D eigenvalue weighted by Gasteiger charge is 2.05. The third-order valence-electron chi connectivity index (χ3n) is 3.25. The Morgan fingerprint density at radius 2 is 1.87 bits per heavy atom. The monoisotopic (exact) mass is 331 g/mol. The second-order valence-corrected chi connectivity index (χ2v) is 5.59. The Bertz CT molecular complexity index is 683. The number of halogens is 1. The molecule has 122 valence electrons. The van der Waals surface area contributed by atoms with Gasteiger partial charge in [-0.05, 0) is 61.7 Å². The van der Waals surface area contributed by atoms with E-state index >= 15 is 0 Å².